The molecular formula is C14H15FN2OS. The molecule has 2 aromatic rings. The molecule has 1 atom stereocenters. The maximum atomic E-state index is 12.9. The summed E-state index contributed by atoms with van der Waals surface area (Å²) < 4.78 is 12.9. The summed E-state index contributed by atoms with van der Waals surface area (Å²) in [5, 5.41) is 2.82. The summed E-state index contributed by atoms with van der Waals surface area (Å²) >= 11 is 1.71. The summed E-state index contributed by atoms with van der Waals surface area (Å²) in [7, 11) is 0. The monoisotopic (exact) mass is 278 g/mol. The molecule has 100 valence electrons. The van der Waals surface area contributed by atoms with Crippen LogP contribution in [0.4, 0.5) is 4.39 Å². The number of nitrogens with zero attached hydrogens (tertiary/aromatic N) is 1. The van der Waals surface area contributed by atoms with Gasteiger partial charge in [0.1, 0.15) is 5.69 Å². The first-order valence-corrected chi connectivity index (χ1v) is 6.85. The van der Waals surface area contributed by atoms with Gasteiger partial charge in [-0.1, -0.05) is 6.07 Å². The molecule has 0 aliphatic carbocycles. The van der Waals surface area contributed by atoms with E-state index in [2.05, 4.69) is 22.4 Å². The van der Waals surface area contributed by atoms with Crippen LogP contribution in [0.25, 0.3) is 0 Å². The van der Waals surface area contributed by atoms with Gasteiger partial charge in [-0.2, -0.15) is 4.39 Å². The van der Waals surface area contributed by atoms with Crippen molar-refractivity contribution in [3.8, 4) is 0 Å². The summed E-state index contributed by atoms with van der Waals surface area (Å²) in [6, 6.07) is 8.29. The third-order valence-electron chi connectivity index (χ3n) is 2.63. The summed E-state index contributed by atoms with van der Waals surface area (Å²) in [5.41, 5.74) is 0.106. The average molecular weight is 278 g/mol. The Labute approximate surface area is 115 Å². The second-order valence-electron chi connectivity index (χ2n) is 4.44. The minimum Gasteiger partial charge on any atom is -0.348 e. The van der Waals surface area contributed by atoms with Crippen molar-refractivity contribution in [2.45, 2.75) is 26.3 Å². The highest BCUT2D eigenvalue weighted by Crippen LogP contribution is 2.16. The number of aryl methyl sites for hydroxylation is 1. The van der Waals surface area contributed by atoms with Crippen molar-refractivity contribution in [2.24, 2.45) is 0 Å². The zero-order chi connectivity index (χ0) is 13.8. The molecule has 0 aromatic carbocycles. The molecule has 1 N–H and O–H groups in total. The first-order chi connectivity index (χ1) is 9.04. The van der Waals surface area contributed by atoms with Gasteiger partial charge in [-0.3, -0.25) is 4.79 Å². The molecule has 2 heterocycles. The number of hydrogen-bond acceptors (Lipinski definition) is 3. The van der Waals surface area contributed by atoms with E-state index in [0.717, 1.165) is 6.42 Å². The number of carbonyl (C=O) groups excluding carboxylic acids is 1. The average Bonchev–Trinajstić information content (AvgIpc) is 2.74. The fourth-order valence-corrected chi connectivity index (χ4v) is 2.80. The number of rotatable bonds is 4. The fourth-order valence-electron chi connectivity index (χ4n) is 1.78. The van der Waals surface area contributed by atoms with Crippen LogP contribution in [0.3, 0.4) is 0 Å². The van der Waals surface area contributed by atoms with E-state index in [0.29, 0.717) is 0 Å². The Morgan fingerprint density at radius 3 is 2.84 bits per heavy atom. The van der Waals surface area contributed by atoms with Crippen molar-refractivity contribution in [1.29, 1.82) is 0 Å². The number of amides is 1. The molecule has 3 nitrogen and oxygen atoms in total. The molecule has 0 saturated heterocycles. The summed E-state index contributed by atoms with van der Waals surface area (Å²) in [4.78, 5) is 17.9. The van der Waals surface area contributed by atoms with E-state index in [9.17, 15) is 9.18 Å². The molecule has 0 saturated carbocycles. The molecule has 0 bridgehead atoms. The van der Waals surface area contributed by atoms with Crippen LogP contribution in [-0.4, -0.2) is 16.9 Å². The zero-order valence-electron chi connectivity index (χ0n) is 10.8. The van der Waals surface area contributed by atoms with Crippen molar-refractivity contribution < 1.29 is 9.18 Å². The van der Waals surface area contributed by atoms with Gasteiger partial charge >= 0.3 is 0 Å². The highest BCUT2D eigenvalue weighted by Gasteiger charge is 2.12. The van der Waals surface area contributed by atoms with E-state index in [-0.39, 0.29) is 17.6 Å². The number of hydrogen-bond donors (Lipinski definition) is 1. The van der Waals surface area contributed by atoms with Crippen LogP contribution in [0.1, 0.15) is 27.2 Å². The van der Waals surface area contributed by atoms with Gasteiger partial charge in [-0.25, -0.2) is 4.98 Å². The molecule has 1 amide bonds. The van der Waals surface area contributed by atoms with E-state index in [1.54, 1.807) is 11.3 Å². The number of nitrogens with one attached hydrogen (secondary N) is 1. The van der Waals surface area contributed by atoms with Gasteiger partial charge in [0.15, 0.2) is 0 Å². The van der Waals surface area contributed by atoms with E-state index in [1.807, 2.05) is 13.8 Å². The van der Waals surface area contributed by atoms with Crippen molar-refractivity contribution in [1.82, 2.24) is 10.3 Å². The lowest BCUT2D eigenvalue weighted by atomic mass is 10.2. The van der Waals surface area contributed by atoms with E-state index < -0.39 is 5.95 Å². The smallest absolute Gasteiger partial charge is 0.270 e. The molecular weight excluding hydrogens is 263 g/mol. The van der Waals surface area contributed by atoms with Crippen LogP contribution in [0.2, 0.25) is 0 Å². The molecule has 0 fully saturated rings. The second kappa shape index (κ2) is 5.93. The summed E-state index contributed by atoms with van der Waals surface area (Å²) in [6.07, 6.45) is 0.763. The molecule has 0 radical (unpaired) electrons. The highest BCUT2D eigenvalue weighted by molar-refractivity contribution is 7.11. The van der Waals surface area contributed by atoms with Crippen molar-refractivity contribution >= 4 is 17.2 Å². The van der Waals surface area contributed by atoms with Crippen molar-refractivity contribution in [3.63, 3.8) is 0 Å². The van der Waals surface area contributed by atoms with Crippen LogP contribution in [0.15, 0.2) is 30.3 Å². The van der Waals surface area contributed by atoms with Gasteiger partial charge in [-0.05, 0) is 38.1 Å². The predicted molar refractivity (Wildman–Crippen MR) is 73.9 cm³/mol. The minimum atomic E-state index is -0.644. The van der Waals surface area contributed by atoms with Crippen molar-refractivity contribution in [2.75, 3.05) is 0 Å². The zero-order valence-corrected chi connectivity index (χ0v) is 11.6. The number of thiophene rings is 1. The van der Waals surface area contributed by atoms with Crippen LogP contribution >= 0.6 is 11.3 Å². The Morgan fingerprint density at radius 1 is 1.42 bits per heavy atom. The first-order valence-electron chi connectivity index (χ1n) is 6.03. The number of aromatic nitrogens is 1. The van der Waals surface area contributed by atoms with Gasteiger partial charge in [0.25, 0.3) is 5.91 Å². The van der Waals surface area contributed by atoms with Crippen LogP contribution < -0.4 is 5.32 Å². The third-order valence-corrected chi connectivity index (χ3v) is 3.65. The lowest BCUT2D eigenvalue weighted by Crippen LogP contribution is -2.34. The molecule has 0 aliphatic rings. The van der Waals surface area contributed by atoms with E-state index in [1.165, 1.54) is 28.0 Å². The van der Waals surface area contributed by atoms with Gasteiger partial charge in [0.2, 0.25) is 5.95 Å². The largest absolute Gasteiger partial charge is 0.348 e. The normalized spacial score (nSPS) is 12.2. The highest BCUT2D eigenvalue weighted by atomic mass is 32.1. The van der Waals surface area contributed by atoms with Gasteiger partial charge in [0, 0.05) is 22.2 Å². The van der Waals surface area contributed by atoms with E-state index in [4.69, 9.17) is 0 Å². The standard InChI is InChI=1S/C14H15FN2OS/c1-9(8-11-7-6-10(2)19-11)16-14(18)12-4-3-5-13(15)17-12/h3-7,9H,8H2,1-2H3,(H,16,18). The molecule has 1 unspecified atom stereocenters. The Morgan fingerprint density at radius 2 is 2.21 bits per heavy atom. The van der Waals surface area contributed by atoms with Crippen LogP contribution in [0.5, 0.6) is 0 Å². The molecule has 19 heavy (non-hydrogen) atoms. The Kier molecular flexibility index (Phi) is 4.27. The maximum Gasteiger partial charge on any atom is 0.270 e. The third kappa shape index (κ3) is 3.86. The first kappa shape index (κ1) is 13.7. The van der Waals surface area contributed by atoms with E-state index >= 15 is 0 Å². The molecule has 2 rings (SSSR count). The minimum absolute atomic E-state index is 0.0179. The molecule has 2 aromatic heterocycles. The number of carbonyl (C=O) groups is 1. The Bertz CT molecular complexity index is 582. The van der Waals surface area contributed by atoms with Crippen molar-refractivity contribution in [3.05, 3.63) is 51.7 Å². The lowest BCUT2D eigenvalue weighted by molar-refractivity contribution is 0.0934. The SMILES string of the molecule is Cc1ccc(CC(C)NC(=O)c2cccc(F)n2)s1. The molecule has 0 aliphatic heterocycles. The number of halogens is 1. The van der Waals surface area contributed by atoms with Gasteiger partial charge < -0.3 is 5.32 Å². The topological polar surface area (TPSA) is 42.0 Å². The predicted octanol–water partition coefficient (Wildman–Crippen LogP) is 2.95. The molecule has 5 heteroatoms. The van der Waals surface area contributed by atoms with Crippen LogP contribution in [-0.2, 0) is 6.42 Å². The molecule has 0 spiro atoms. The number of pyridine rings is 1. The second-order valence-corrected chi connectivity index (χ2v) is 5.81. The van der Waals surface area contributed by atoms with Gasteiger partial charge in [0.05, 0.1) is 0 Å². The lowest BCUT2D eigenvalue weighted by Gasteiger charge is -2.12. The summed E-state index contributed by atoms with van der Waals surface area (Å²) in [6.45, 7) is 3.97. The van der Waals surface area contributed by atoms with Gasteiger partial charge in [-0.15, -0.1) is 11.3 Å². The van der Waals surface area contributed by atoms with Crippen LogP contribution in [0, 0.1) is 12.9 Å². The maximum absolute atomic E-state index is 12.9. The Balaban J connectivity index is 1.95. The Hall–Kier alpha value is -1.75. The quantitative estimate of drug-likeness (QED) is 0.874. The summed E-state index contributed by atoms with van der Waals surface area (Å²) in [5.74, 6) is -0.991. The fraction of sp³-hybridized carbons (Fsp3) is 0.286.